The minimum Gasteiger partial charge on any atom is -0.488 e. The second kappa shape index (κ2) is 7.58. The van der Waals surface area contributed by atoms with Crippen molar-refractivity contribution in [3.05, 3.63) is 51.7 Å². The van der Waals surface area contributed by atoms with E-state index in [0.29, 0.717) is 28.8 Å². The van der Waals surface area contributed by atoms with E-state index in [-0.39, 0.29) is 31.0 Å². The zero-order valence-corrected chi connectivity index (χ0v) is 16.6. The zero-order valence-electron chi connectivity index (χ0n) is 15.1. The minimum absolute atomic E-state index is 0.103. The molecule has 2 aromatic heterocycles. The summed E-state index contributed by atoms with van der Waals surface area (Å²) in [5, 5.41) is 10.7. The largest absolute Gasteiger partial charge is 0.488 e. The summed E-state index contributed by atoms with van der Waals surface area (Å²) in [5.41, 5.74) is 2.89. The van der Waals surface area contributed by atoms with Gasteiger partial charge in [-0.2, -0.15) is 0 Å². The van der Waals surface area contributed by atoms with Crippen LogP contribution >= 0.6 is 23.2 Å². The van der Waals surface area contributed by atoms with Crippen molar-refractivity contribution in [3.8, 4) is 5.75 Å². The maximum absolute atomic E-state index is 13.0. The van der Waals surface area contributed by atoms with Gasteiger partial charge in [0.05, 0.1) is 40.6 Å². The zero-order chi connectivity index (χ0) is 19.8. The van der Waals surface area contributed by atoms with Crippen molar-refractivity contribution < 1.29 is 14.6 Å². The number of amides is 1. The average molecular weight is 421 g/mol. The highest BCUT2D eigenvalue weighted by Gasteiger charge is 2.32. The Bertz CT molecular complexity index is 1040. The number of rotatable bonds is 4. The SMILES string of the molecule is C[C@H]1c2c([nH]c3c(Cl)c(Cl)ccc23)CCN1C(=O)c1ncc(OCCO)cn1. The Labute approximate surface area is 171 Å². The van der Waals surface area contributed by atoms with Crippen LogP contribution in [0, 0.1) is 0 Å². The molecule has 0 radical (unpaired) electrons. The molecule has 28 heavy (non-hydrogen) atoms. The molecule has 1 atom stereocenters. The number of nitrogens with zero attached hydrogens (tertiary/aromatic N) is 3. The van der Waals surface area contributed by atoms with Gasteiger partial charge in [-0.05, 0) is 13.0 Å². The fraction of sp³-hybridized carbons (Fsp3) is 0.316. The Hall–Kier alpha value is -2.35. The summed E-state index contributed by atoms with van der Waals surface area (Å²) in [6.45, 7) is 2.56. The van der Waals surface area contributed by atoms with Gasteiger partial charge in [-0.15, -0.1) is 0 Å². The van der Waals surface area contributed by atoms with Gasteiger partial charge in [0.15, 0.2) is 5.75 Å². The molecule has 3 heterocycles. The third-order valence-electron chi connectivity index (χ3n) is 4.91. The molecule has 0 saturated carbocycles. The molecular formula is C19H18Cl2N4O3. The van der Waals surface area contributed by atoms with Gasteiger partial charge in [0.25, 0.3) is 5.91 Å². The Kier molecular flexibility index (Phi) is 5.14. The maximum atomic E-state index is 13.0. The average Bonchev–Trinajstić information content (AvgIpc) is 3.09. The summed E-state index contributed by atoms with van der Waals surface area (Å²) >= 11 is 12.5. The van der Waals surface area contributed by atoms with E-state index in [0.717, 1.165) is 22.2 Å². The molecule has 9 heteroatoms. The second-order valence-corrected chi connectivity index (χ2v) is 7.33. The van der Waals surface area contributed by atoms with Crippen molar-refractivity contribution in [2.75, 3.05) is 19.8 Å². The van der Waals surface area contributed by atoms with Crippen LogP contribution in [-0.2, 0) is 6.42 Å². The van der Waals surface area contributed by atoms with Crippen LogP contribution in [0.5, 0.6) is 5.75 Å². The molecule has 0 saturated heterocycles. The normalized spacial score (nSPS) is 16.3. The van der Waals surface area contributed by atoms with Crippen LogP contribution in [0.3, 0.4) is 0 Å². The van der Waals surface area contributed by atoms with E-state index in [1.807, 2.05) is 13.0 Å². The number of aliphatic hydroxyl groups is 1. The highest BCUT2D eigenvalue weighted by molar-refractivity contribution is 6.45. The molecule has 146 valence electrons. The van der Waals surface area contributed by atoms with Crippen molar-refractivity contribution in [1.29, 1.82) is 0 Å². The van der Waals surface area contributed by atoms with Gasteiger partial charge < -0.3 is 19.7 Å². The van der Waals surface area contributed by atoms with Gasteiger partial charge in [0.2, 0.25) is 5.82 Å². The number of aromatic amines is 1. The third-order valence-corrected chi connectivity index (χ3v) is 5.72. The molecule has 4 rings (SSSR count). The number of fused-ring (bicyclic) bond motifs is 3. The van der Waals surface area contributed by atoms with Crippen LogP contribution in [0.1, 0.15) is 34.8 Å². The van der Waals surface area contributed by atoms with Crippen LogP contribution in [0.25, 0.3) is 10.9 Å². The molecule has 1 aliphatic heterocycles. The topological polar surface area (TPSA) is 91.3 Å². The first-order valence-electron chi connectivity index (χ1n) is 8.86. The van der Waals surface area contributed by atoms with E-state index < -0.39 is 0 Å². The molecule has 0 fully saturated rings. The van der Waals surface area contributed by atoms with Gasteiger partial charge in [0, 0.05) is 29.6 Å². The lowest BCUT2D eigenvalue weighted by Gasteiger charge is -2.33. The summed E-state index contributed by atoms with van der Waals surface area (Å²) in [6, 6.07) is 3.52. The quantitative estimate of drug-likeness (QED) is 0.674. The summed E-state index contributed by atoms with van der Waals surface area (Å²) in [4.78, 5) is 26.3. The molecule has 0 bridgehead atoms. The first kappa shape index (κ1) is 19.0. The predicted molar refractivity (Wildman–Crippen MR) is 106 cm³/mol. The van der Waals surface area contributed by atoms with Gasteiger partial charge in [0.1, 0.15) is 6.61 Å². The number of aromatic nitrogens is 3. The lowest BCUT2D eigenvalue weighted by molar-refractivity contribution is 0.0665. The number of H-pyrrole nitrogens is 1. The summed E-state index contributed by atoms with van der Waals surface area (Å²) < 4.78 is 5.23. The van der Waals surface area contributed by atoms with Crippen molar-refractivity contribution in [3.63, 3.8) is 0 Å². The van der Waals surface area contributed by atoms with E-state index in [1.165, 1.54) is 12.4 Å². The molecule has 1 aromatic carbocycles. The number of carbonyl (C=O) groups excluding carboxylic acids is 1. The minimum atomic E-state index is -0.249. The predicted octanol–water partition coefficient (Wildman–Crippen LogP) is 3.40. The highest BCUT2D eigenvalue weighted by Crippen LogP contribution is 2.40. The van der Waals surface area contributed by atoms with E-state index in [9.17, 15) is 4.79 Å². The van der Waals surface area contributed by atoms with Crippen molar-refractivity contribution in [1.82, 2.24) is 19.9 Å². The van der Waals surface area contributed by atoms with Crippen LogP contribution in [0.2, 0.25) is 10.0 Å². The lowest BCUT2D eigenvalue weighted by atomic mass is 9.97. The maximum Gasteiger partial charge on any atom is 0.292 e. The van der Waals surface area contributed by atoms with E-state index in [2.05, 4.69) is 15.0 Å². The number of aliphatic hydroxyl groups excluding tert-OH is 1. The fourth-order valence-electron chi connectivity index (χ4n) is 3.60. The van der Waals surface area contributed by atoms with Crippen molar-refractivity contribution >= 4 is 40.0 Å². The number of ether oxygens (including phenoxy) is 1. The first-order valence-corrected chi connectivity index (χ1v) is 9.62. The number of halogens is 2. The van der Waals surface area contributed by atoms with Gasteiger partial charge in [-0.25, -0.2) is 9.97 Å². The van der Waals surface area contributed by atoms with Gasteiger partial charge in [-0.3, -0.25) is 4.79 Å². The molecule has 2 N–H and O–H groups in total. The number of carbonyl (C=O) groups is 1. The van der Waals surface area contributed by atoms with Gasteiger partial charge >= 0.3 is 0 Å². The summed E-state index contributed by atoms with van der Waals surface area (Å²) in [5.74, 6) is 0.261. The number of hydrogen-bond acceptors (Lipinski definition) is 5. The summed E-state index contributed by atoms with van der Waals surface area (Å²) in [6.07, 6.45) is 3.54. The number of hydrogen-bond donors (Lipinski definition) is 2. The molecule has 0 unspecified atom stereocenters. The molecule has 7 nitrogen and oxygen atoms in total. The highest BCUT2D eigenvalue weighted by atomic mass is 35.5. The van der Waals surface area contributed by atoms with Crippen molar-refractivity contribution in [2.45, 2.75) is 19.4 Å². The van der Waals surface area contributed by atoms with Gasteiger partial charge in [-0.1, -0.05) is 29.3 Å². The molecule has 0 spiro atoms. The Balaban J connectivity index is 1.63. The number of benzene rings is 1. The van der Waals surface area contributed by atoms with E-state index in [1.54, 1.807) is 11.0 Å². The monoisotopic (exact) mass is 420 g/mol. The molecule has 1 aliphatic rings. The molecular weight excluding hydrogens is 403 g/mol. The Morgan fingerprint density at radius 2 is 2.11 bits per heavy atom. The van der Waals surface area contributed by atoms with Crippen LogP contribution in [0.4, 0.5) is 0 Å². The van der Waals surface area contributed by atoms with Crippen LogP contribution < -0.4 is 4.74 Å². The Morgan fingerprint density at radius 1 is 1.36 bits per heavy atom. The van der Waals surface area contributed by atoms with E-state index >= 15 is 0 Å². The standard InChI is InChI=1S/C19H18Cl2N4O3/c1-10-15-12-2-3-13(20)16(21)17(12)24-14(15)4-5-25(10)19(27)18-22-8-11(9-23-18)28-7-6-26/h2-3,8-10,24,26H,4-7H2,1H3/t10-/m0/s1. The third kappa shape index (κ3) is 3.19. The van der Waals surface area contributed by atoms with Crippen LogP contribution in [0.15, 0.2) is 24.5 Å². The molecule has 1 amide bonds. The van der Waals surface area contributed by atoms with E-state index in [4.69, 9.17) is 33.0 Å². The lowest BCUT2D eigenvalue weighted by Crippen LogP contribution is -2.39. The molecule has 0 aliphatic carbocycles. The number of nitrogens with one attached hydrogen (secondary N) is 1. The molecule has 3 aromatic rings. The smallest absolute Gasteiger partial charge is 0.292 e. The second-order valence-electron chi connectivity index (χ2n) is 6.54. The Morgan fingerprint density at radius 3 is 2.82 bits per heavy atom. The summed E-state index contributed by atoms with van der Waals surface area (Å²) in [7, 11) is 0. The van der Waals surface area contributed by atoms with Crippen molar-refractivity contribution in [2.24, 2.45) is 0 Å². The fourth-order valence-corrected chi connectivity index (χ4v) is 3.97. The van der Waals surface area contributed by atoms with Crippen LogP contribution in [-0.4, -0.2) is 50.6 Å². The first-order chi connectivity index (χ1) is 13.5.